The maximum Gasteiger partial charge on any atom is 0.132 e. The molecule has 0 radical (unpaired) electrons. The van der Waals surface area contributed by atoms with E-state index in [0.717, 1.165) is 5.01 Å². The van der Waals surface area contributed by atoms with Gasteiger partial charge in [-0.2, -0.15) is 0 Å². The van der Waals surface area contributed by atoms with Crippen LogP contribution in [0.5, 0.6) is 0 Å². The molecular formula is C13H13BrF2N2S. The molecule has 1 heterocycles. The molecule has 0 fully saturated rings. The van der Waals surface area contributed by atoms with Crippen molar-refractivity contribution in [1.29, 1.82) is 0 Å². The molecule has 6 heteroatoms. The number of rotatable bonds is 5. The van der Waals surface area contributed by atoms with Gasteiger partial charge in [-0.25, -0.2) is 13.8 Å². The lowest BCUT2D eigenvalue weighted by Gasteiger charge is -2.18. The van der Waals surface area contributed by atoms with Crippen molar-refractivity contribution in [2.24, 2.45) is 0 Å². The van der Waals surface area contributed by atoms with Crippen molar-refractivity contribution >= 4 is 27.3 Å². The second-order valence-corrected chi connectivity index (χ2v) is 5.92. The van der Waals surface area contributed by atoms with E-state index in [4.69, 9.17) is 0 Å². The predicted octanol–water partition coefficient (Wildman–Crippen LogP) is 4.08. The van der Waals surface area contributed by atoms with Gasteiger partial charge in [0.25, 0.3) is 0 Å². The molecule has 1 aromatic carbocycles. The molecule has 1 aromatic heterocycles. The number of benzene rings is 1. The van der Waals surface area contributed by atoms with Crippen molar-refractivity contribution < 1.29 is 8.78 Å². The van der Waals surface area contributed by atoms with Crippen LogP contribution in [0.25, 0.3) is 0 Å². The number of nitrogens with one attached hydrogen (secondary N) is 1. The zero-order valence-electron chi connectivity index (χ0n) is 10.3. The number of nitrogens with zero attached hydrogens (tertiary/aromatic N) is 1. The Morgan fingerprint density at radius 3 is 2.58 bits per heavy atom. The molecule has 102 valence electrons. The van der Waals surface area contributed by atoms with Crippen LogP contribution in [0.3, 0.4) is 0 Å². The number of hydrogen-bond donors (Lipinski definition) is 1. The summed E-state index contributed by atoms with van der Waals surface area (Å²) in [5.74, 6) is -1.09. The number of hydrogen-bond acceptors (Lipinski definition) is 3. The van der Waals surface area contributed by atoms with Crippen molar-refractivity contribution in [3.63, 3.8) is 0 Å². The highest BCUT2D eigenvalue weighted by Crippen LogP contribution is 2.27. The smallest absolute Gasteiger partial charge is 0.132 e. The van der Waals surface area contributed by atoms with E-state index in [1.165, 1.54) is 23.5 Å². The Hall–Kier alpha value is -0.850. The summed E-state index contributed by atoms with van der Waals surface area (Å²) in [5.41, 5.74) is 0.0697. The standard InChI is InChI=1S/C13H13BrF2N2S/c1-2-17-11(7-12-18-3-4-19-12)13-9(15)5-8(14)6-10(13)16/h3-6,11,17H,2,7H2,1H3. The van der Waals surface area contributed by atoms with Crippen molar-refractivity contribution in [1.82, 2.24) is 10.3 Å². The lowest BCUT2D eigenvalue weighted by Crippen LogP contribution is -2.25. The van der Waals surface area contributed by atoms with Crippen LogP contribution >= 0.6 is 27.3 Å². The lowest BCUT2D eigenvalue weighted by molar-refractivity contribution is 0.472. The summed E-state index contributed by atoms with van der Waals surface area (Å²) in [6.07, 6.45) is 2.16. The quantitative estimate of drug-likeness (QED) is 0.882. The fourth-order valence-electron chi connectivity index (χ4n) is 1.94. The van der Waals surface area contributed by atoms with E-state index >= 15 is 0 Å². The summed E-state index contributed by atoms with van der Waals surface area (Å²) in [4.78, 5) is 4.17. The van der Waals surface area contributed by atoms with Gasteiger partial charge < -0.3 is 5.32 Å². The van der Waals surface area contributed by atoms with Gasteiger partial charge in [0.2, 0.25) is 0 Å². The Balaban J connectivity index is 2.33. The lowest BCUT2D eigenvalue weighted by atomic mass is 10.0. The minimum absolute atomic E-state index is 0.0697. The zero-order valence-corrected chi connectivity index (χ0v) is 12.7. The van der Waals surface area contributed by atoms with E-state index in [2.05, 4.69) is 26.2 Å². The first-order valence-corrected chi connectivity index (χ1v) is 7.55. The molecule has 0 amide bonds. The Kier molecular flexibility index (Phi) is 5.01. The highest BCUT2D eigenvalue weighted by atomic mass is 79.9. The van der Waals surface area contributed by atoms with Crippen molar-refractivity contribution in [3.8, 4) is 0 Å². The van der Waals surface area contributed by atoms with E-state index in [0.29, 0.717) is 17.4 Å². The zero-order chi connectivity index (χ0) is 13.8. The van der Waals surface area contributed by atoms with Crippen molar-refractivity contribution in [2.75, 3.05) is 6.54 Å². The van der Waals surface area contributed by atoms with E-state index in [9.17, 15) is 8.78 Å². The normalized spacial score (nSPS) is 12.6. The Morgan fingerprint density at radius 2 is 2.05 bits per heavy atom. The Bertz CT molecular complexity index is 523. The molecular weight excluding hydrogens is 334 g/mol. The van der Waals surface area contributed by atoms with E-state index in [1.54, 1.807) is 6.20 Å². The third kappa shape index (κ3) is 3.58. The number of aromatic nitrogens is 1. The molecule has 2 rings (SSSR count). The maximum absolute atomic E-state index is 14.0. The van der Waals surface area contributed by atoms with Gasteiger partial charge in [-0.3, -0.25) is 0 Å². The van der Waals surface area contributed by atoms with Gasteiger partial charge in [0.05, 0.1) is 5.01 Å². The molecule has 0 aliphatic heterocycles. The van der Waals surface area contributed by atoms with E-state index in [1.807, 2.05) is 12.3 Å². The SMILES string of the molecule is CCNC(Cc1nccs1)c1c(F)cc(Br)cc1F. The van der Waals surface area contributed by atoms with Crippen molar-refractivity contribution in [3.05, 3.63) is 50.4 Å². The minimum atomic E-state index is -0.547. The summed E-state index contributed by atoms with van der Waals surface area (Å²) >= 11 is 4.57. The molecule has 19 heavy (non-hydrogen) atoms. The molecule has 0 saturated carbocycles. The first kappa shape index (κ1) is 14.6. The second-order valence-electron chi connectivity index (χ2n) is 4.02. The van der Waals surface area contributed by atoms with Crippen LogP contribution < -0.4 is 5.32 Å². The summed E-state index contributed by atoms with van der Waals surface area (Å²) < 4.78 is 28.4. The molecule has 2 aromatic rings. The van der Waals surface area contributed by atoms with Crippen LogP contribution in [-0.2, 0) is 6.42 Å². The van der Waals surface area contributed by atoms with Gasteiger partial charge >= 0.3 is 0 Å². The second kappa shape index (κ2) is 6.54. The molecule has 0 bridgehead atoms. The molecule has 0 spiro atoms. The largest absolute Gasteiger partial charge is 0.310 e. The van der Waals surface area contributed by atoms with Crippen LogP contribution in [-0.4, -0.2) is 11.5 Å². The fraction of sp³-hybridized carbons (Fsp3) is 0.308. The van der Waals surface area contributed by atoms with Gasteiger partial charge in [0.15, 0.2) is 0 Å². The molecule has 0 aliphatic rings. The summed E-state index contributed by atoms with van der Waals surface area (Å²) in [5, 5.41) is 5.82. The maximum atomic E-state index is 14.0. The van der Waals surface area contributed by atoms with E-state index < -0.39 is 17.7 Å². The predicted molar refractivity (Wildman–Crippen MR) is 76.3 cm³/mol. The Labute approximate surface area is 123 Å². The first-order chi connectivity index (χ1) is 9.11. The van der Waals surface area contributed by atoms with Crippen LogP contribution in [0, 0.1) is 11.6 Å². The number of halogens is 3. The molecule has 1 atom stereocenters. The van der Waals surface area contributed by atoms with Crippen LogP contribution in [0.2, 0.25) is 0 Å². The molecule has 1 N–H and O–H groups in total. The first-order valence-electron chi connectivity index (χ1n) is 5.88. The average molecular weight is 347 g/mol. The monoisotopic (exact) mass is 346 g/mol. The summed E-state index contributed by atoms with van der Waals surface area (Å²) in [6.45, 7) is 2.54. The number of likely N-dealkylation sites (N-methyl/N-ethyl adjacent to an activating group) is 1. The molecule has 2 nitrogen and oxygen atoms in total. The van der Waals surface area contributed by atoms with Gasteiger partial charge in [-0.05, 0) is 18.7 Å². The number of thiazole rings is 1. The summed E-state index contributed by atoms with van der Waals surface area (Å²) in [6, 6.07) is 2.15. The summed E-state index contributed by atoms with van der Waals surface area (Å²) in [7, 11) is 0. The Morgan fingerprint density at radius 1 is 1.37 bits per heavy atom. The van der Waals surface area contributed by atoms with Crippen molar-refractivity contribution in [2.45, 2.75) is 19.4 Å². The van der Waals surface area contributed by atoms with Crippen LogP contribution in [0.1, 0.15) is 23.5 Å². The van der Waals surface area contributed by atoms with E-state index in [-0.39, 0.29) is 5.56 Å². The third-order valence-corrected chi connectivity index (χ3v) is 3.96. The third-order valence-electron chi connectivity index (χ3n) is 2.71. The molecule has 1 unspecified atom stereocenters. The van der Waals surface area contributed by atoms with Gasteiger partial charge in [-0.15, -0.1) is 11.3 Å². The minimum Gasteiger partial charge on any atom is -0.310 e. The van der Waals surface area contributed by atoms with Crippen LogP contribution in [0.15, 0.2) is 28.2 Å². The molecule has 0 aliphatic carbocycles. The average Bonchev–Trinajstić information content (AvgIpc) is 2.80. The van der Waals surface area contributed by atoms with Gasteiger partial charge in [-0.1, -0.05) is 22.9 Å². The van der Waals surface area contributed by atoms with Gasteiger partial charge in [0.1, 0.15) is 11.6 Å². The topological polar surface area (TPSA) is 24.9 Å². The highest BCUT2D eigenvalue weighted by Gasteiger charge is 2.21. The molecule has 0 saturated heterocycles. The van der Waals surface area contributed by atoms with Gasteiger partial charge in [0, 0.05) is 34.1 Å². The van der Waals surface area contributed by atoms with Crippen LogP contribution in [0.4, 0.5) is 8.78 Å². The fourth-order valence-corrected chi connectivity index (χ4v) is 3.00. The highest BCUT2D eigenvalue weighted by molar-refractivity contribution is 9.10.